The van der Waals surface area contributed by atoms with Crippen LogP contribution >= 0.6 is 0 Å². The van der Waals surface area contributed by atoms with Gasteiger partial charge in [-0.05, 0) is 62.5 Å². The van der Waals surface area contributed by atoms with E-state index in [1.165, 1.54) is 5.56 Å². The molecular weight excluding hydrogens is 316 g/mol. The topological polar surface area (TPSA) is 74.6 Å². The smallest absolute Gasteiger partial charge is 0.306 e. The lowest BCUT2D eigenvalue weighted by Gasteiger charge is -2.34. The lowest BCUT2D eigenvalue weighted by atomic mass is 9.76. The molecule has 2 atom stereocenters. The average molecular weight is 344 g/mol. The summed E-state index contributed by atoms with van der Waals surface area (Å²) in [6.45, 7) is 0. The van der Waals surface area contributed by atoms with E-state index in [0.29, 0.717) is 19.3 Å². The lowest BCUT2D eigenvalue weighted by molar-refractivity contribution is -0.144. The largest absolute Gasteiger partial charge is 0.481 e. The number of hydrogen-bond donors (Lipinski definition) is 2. The second kappa shape index (κ2) is 9.52. The van der Waals surface area contributed by atoms with E-state index in [1.807, 2.05) is 24.3 Å². The maximum Gasteiger partial charge on any atom is 0.306 e. The van der Waals surface area contributed by atoms with Crippen molar-refractivity contribution >= 4 is 11.8 Å². The summed E-state index contributed by atoms with van der Waals surface area (Å²) in [5.41, 5.74) is 0.170. The van der Waals surface area contributed by atoms with Crippen LogP contribution < -0.4 is 0 Å². The Balaban J connectivity index is 1.69. The summed E-state index contributed by atoms with van der Waals surface area (Å²) in [6.07, 6.45) is 9.31. The fourth-order valence-corrected chi connectivity index (χ4v) is 3.59. The first-order chi connectivity index (χ1) is 12.0. The zero-order valence-corrected chi connectivity index (χ0v) is 14.7. The van der Waals surface area contributed by atoms with E-state index < -0.39 is 11.6 Å². The zero-order valence-electron chi connectivity index (χ0n) is 14.7. The summed E-state index contributed by atoms with van der Waals surface area (Å²) in [4.78, 5) is 22.9. The van der Waals surface area contributed by atoms with Crippen LogP contribution in [0.15, 0.2) is 42.5 Å². The number of aliphatic hydroxyl groups is 1. The van der Waals surface area contributed by atoms with Crippen LogP contribution in [0.25, 0.3) is 0 Å². The van der Waals surface area contributed by atoms with Gasteiger partial charge in [0.05, 0.1) is 12.0 Å². The number of carbonyl (C=O) groups excluding carboxylic acids is 1. The summed E-state index contributed by atoms with van der Waals surface area (Å²) in [6, 6.07) is 10.3. The molecule has 25 heavy (non-hydrogen) atoms. The second-order valence-electron chi connectivity index (χ2n) is 7.17. The highest BCUT2D eigenvalue weighted by atomic mass is 16.4. The molecule has 1 aromatic rings. The Labute approximate surface area is 149 Å². The van der Waals surface area contributed by atoms with E-state index in [4.69, 9.17) is 5.11 Å². The Bertz CT molecular complexity index is 593. The third kappa shape index (κ3) is 7.22. The Morgan fingerprint density at radius 2 is 1.96 bits per heavy atom. The molecule has 1 aromatic carbocycles. The molecule has 1 aliphatic rings. The summed E-state index contributed by atoms with van der Waals surface area (Å²) < 4.78 is 0. The molecule has 0 aliphatic heterocycles. The number of ketones is 1. The van der Waals surface area contributed by atoms with E-state index in [1.54, 1.807) is 6.08 Å². The number of unbranched alkanes of at least 4 members (excludes halogenated alkanes) is 1. The van der Waals surface area contributed by atoms with Gasteiger partial charge in [0.1, 0.15) is 0 Å². The quantitative estimate of drug-likeness (QED) is 0.526. The molecule has 0 unspecified atom stereocenters. The highest BCUT2D eigenvalue weighted by molar-refractivity contribution is 5.89. The van der Waals surface area contributed by atoms with Crippen molar-refractivity contribution in [2.45, 2.75) is 63.4 Å². The normalized spacial score (nSPS) is 23.6. The van der Waals surface area contributed by atoms with Crippen molar-refractivity contribution in [1.82, 2.24) is 0 Å². The molecule has 1 saturated carbocycles. The lowest BCUT2D eigenvalue weighted by Crippen LogP contribution is -2.37. The molecule has 2 rings (SSSR count). The minimum absolute atomic E-state index is 0.0892. The first kappa shape index (κ1) is 19.4. The molecule has 1 fully saturated rings. The van der Waals surface area contributed by atoms with Crippen LogP contribution in [0.4, 0.5) is 0 Å². The highest BCUT2D eigenvalue weighted by Crippen LogP contribution is 2.35. The summed E-state index contributed by atoms with van der Waals surface area (Å²) in [5.74, 6) is -0.770. The highest BCUT2D eigenvalue weighted by Gasteiger charge is 2.35. The van der Waals surface area contributed by atoms with Crippen LogP contribution in [0.2, 0.25) is 0 Å². The third-order valence-electron chi connectivity index (χ3n) is 4.88. The number of carbonyl (C=O) groups is 2. The van der Waals surface area contributed by atoms with Crippen LogP contribution in [0.1, 0.15) is 56.9 Å². The van der Waals surface area contributed by atoms with Gasteiger partial charge < -0.3 is 10.2 Å². The van der Waals surface area contributed by atoms with Crippen LogP contribution in [-0.4, -0.2) is 27.6 Å². The van der Waals surface area contributed by atoms with Crippen molar-refractivity contribution in [2.24, 2.45) is 5.92 Å². The Kier molecular flexibility index (Phi) is 7.38. The van der Waals surface area contributed by atoms with Gasteiger partial charge in [0, 0.05) is 6.42 Å². The van der Waals surface area contributed by atoms with Gasteiger partial charge in [-0.1, -0.05) is 36.4 Å². The van der Waals surface area contributed by atoms with Crippen molar-refractivity contribution in [3.8, 4) is 0 Å². The molecule has 1 aliphatic carbocycles. The van der Waals surface area contributed by atoms with Gasteiger partial charge in [-0.2, -0.15) is 0 Å². The number of carboxylic acid groups (broad SMARTS) is 1. The first-order valence-electron chi connectivity index (χ1n) is 9.16. The Morgan fingerprint density at radius 1 is 1.20 bits per heavy atom. The van der Waals surface area contributed by atoms with Crippen LogP contribution in [-0.2, 0) is 16.0 Å². The van der Waals surface area contributed by atoms with Gasteiger partial charge in [0.25, 0.3) is 0 Å². The van der Waals surface area contributed by atoms with Gasteiger partial charge in [0.2, 0.25) is 0 Å². The van der Waals surface area contributed by atoms with E-state index >= 15 is 0 Å². The standard InChI is InChI=1S/C21H28O4/c22-19(11-5-4-9-17-7-2-1-3-8-17)13-12-18-10-6-14-21(25,15-18)16-20(23)24/h1-3,7-8,12-13,18,25H,4-6,9-11,14-16H2,(H,23,24)/b13-12+/t18-,21+/m0/s1. The Morgan fingerprint density at radius 3 is 2.68 bits per heavy atom. The van der Waals surface area contributed by atoms with Crippen LogP contribution in [0, 0.1) is 5.92 Å². The fraction of sp³-hybridized carbons (Fsp3) is 0.524. The molecule has 0 spiro atoms. The molecule has 0 aromatic heterocycles. The van der Waals surface area contributed by atoms with E-state index in [-0.39, 0.29) is 18.1 Å². The molecule has 0 saturated heterocycles. The SMILES string of the molecule is O=C(O)C[C@@]1(O)CCC[C@@H](/C=C/C(=O)CCCCc2ccccc2)C1. The first-order valence-corrected chi connectivity index (χ1v) is 9.16. The number of carboxylic acids is 1. The molecule has 0 amide bonds. The molecule has 4 heteroatoms. The maximum absolute atomic E-state index is 12.0. The number of allylic oxidation sites excluding steroid dienone is 2. The predicted molar refractivity (Wildman–Crippen MR) is 97.3 cm³/mol. The molecule has 0 bridgehead atoms. The number of aryl methyl sites for hydroxylation is 1. The van der Waals surface area contributed by atoms with E-state index in [9.17, 15) is 14.7 Å². The molecular formula is C21H28O4. The molecule has 4 nitrogen and oxygen atoms in total. The van der Waals surface area contributed by atoms with Crippen LogP contribution in [0.3, 0.4) is 0 Å². The number of benzene rings is 1. The fourth-order valence-electron chi connectivity index (χ4n) is 3.59. The third-order valence-corrected chi connectivity index (χ3v) is 4.88. The van der Waals surface area contributed by atoms with E-state index in [2.05, 4.69) is 12.1 Å². The maximum atomic E-state index is 12.0. The molecule has 0 radical (unpaired) electrons. The van der Waals surface area contributed by atoms with Gasteiger partial charge >= 0.3 is 5.97 Å². The van der Waals surface area contributed by atoms with Gasteiger partial charge in [0.15, 0.2) is 5.78 Å². The van der Waals surface area contributed by atoms with Gasteiger partial charge in [-0.25, -0.2) is 0 Å². The summed E-state index contributed by atoms with van der Waals surface area (Å²) in [7, 11) is 0. The zero-order chi connectivity index (χ0) is 18.1. The number of hydrogen-bond acceptors (Lipinski definition) is 3. The molecule has 136 valence electrons. The van der Waals surface area contributed by atoms with Crippen LogP contribution in [0.5, 0.6) is 0 Å². The van der Waals surface area contributed by atoms with Gasteiger partial charge in [-0.15, -0.1) is 0 Å². The summed E-state index contributed by atoms with van der Waals surface area (Å²) >= 11 is 0. The van der Waals surface area contributed by atoms with Crippen molar-refractivity contribution in [1.29, 1.82) is 0 Å². The monoisotopic (exact) mass is 344 g/mol. The van der Waals surface area contributed by atoms with Crippen molar-refractivity contribution in [3.63, 3.8) is 0 Å². The molecule has 0 heterocycles. The number of aliphatic carboxylic acids is 1. The Hall–Kier alpha value is -1.94. The average Bonchev–Trinajstić information content (AvgIpc) is 2.57. The van der Waals surface area contributed by atoms with Gasteiger partial charge in [-0.3, -0.25) is 9.59 Å². The minimum atomic E-state index is -1.13. The van der Waals surface area contributed by atoms with Crippen molar-refractivity contribution in [2.75, 3.05) is 0 Å². The van der Waals surface area contributed by atoms with Crippen molar-refractivity contribution < 1.29 is 19.8 Å². The second-order valence-corrected chi connectivity index (χ2v) is 7.17. The number of rotatable bonds is 9. The van der Waals surface area contributed by atoms with Crippen molar-refractivity contribution in [3.05, 3.63) is 48.0 Å². The minimum Gasteiger partial charge on any atom is -0.481 e. The predicted octanol–water partition coefficient (Wildman–Crippen LogP) is 3.92. The van der Waals surface area contributed by atoms with E-state index in [0.717, 1.165) is 32.1 Å². The molecule has 2 N–H and O–H groups in total. The summed E-state index contributed by atoms with van der Waals surface area (Å²) in [5, 5.41) is 19.3.